The van der Waals surface area contributed by atoms with Crippen molar-refractivity contribution in [2.24, 2.45) is 5.92 Å². The van der Waals surface area contributed by atoms with E-state index in [-0.39, 0.29) is 11.8 Å². The fraction of sp³-hybridized carbons (Fsp3) is 0.300. The highest BCUT2D eigenvalue weighted by Gasteiger charge is 2.26. The molecule has 144 valence electrons. The lowest BCUT2D eigenvalue weighted by atomic mass is 9.97. The Morgan fingerprint density at radius 2 is 2.04 bits per heavy atom. The van der Waals surface area contributed by atoms with Crippen molar-refractivity contribution in [3.63, 3.8) is 0 Å². The van der Waals surface area contributed by atoms with Gasteiger partial charge < -0.3 is 5.32 Å². The van der Waals surface area contributed by atoms with E-state index >= 15 is 0 Å². The molecule has 3 aromatic rings. The Morgan fingerprint density at radius 1 is 1.18 bits per heavy atom. The van der Waals surface area contributed by atoms with Crippen LogP contribution >= 0.6 is 15.9 Å². The maximum absolute atomic E-state index is 12.7. The first-order chi connectivity index (χ1) is 13.7. The first-order valence-electron chi connectivity index (χ1n) is 9.26. The number of likely N-dealkylation sites (tertiary alicyclic amines) is 1. The summed E-state index contributed by atoms with van der Waals surface area (Å²) in [7, 11) is 0. The van der Waals surface area contributed by atoms with Gasteiger partial charge in [0.1, 0.15) is 5.82 Å². The number of pyridine rings is 2. The highest BCUT2D eigenvalue weighted by molar-refractivity contribution is 9.10. The van der Waals surface area contributed by atoms with Gasteiger partial charge in [0.05, 0.1) is 18.3 Å². The topological polar surface area (TPSA) is 75.9 Å². The summed E-state index contributed by atoms with van der Waals surface area (Å²) in [5, 5.41) is 7.40. The Labute approximate surface area is 171 Å². The third kappa shape index (κ3) is 4.45. The zero-order valence-corrected chi connectivity index (χ0v) is 16.9. The molecule has 1 aliphatic rings. The fourth-order valence-corrected chi connectivity index (χ4v) is 3.71. The Hall–Kier alpha value is -2.58. The molecule has 4 heterocycles. The molecular formula is C20H21BrN6O. The Morgan fingerprint density at radius 3 is 2.82 bits per heavy atom. The Balaban J connectivity index is 1.40. The first-order valence-corrected chi connectivity index (χ1v) is 10.1. The van der Waals surface area contributed by atoms with Gasteiger partial charge in [-0.1, -0.05) is 0 Å². The van der Waals surface area contributed by atoms with Crippen molar-refractivity contribution in [2.75, 3.05) is 18.4 Å². The van der Waals surface area contributed by atoms with E-state index in [9.17, 15) is 4.79 Å². The summed E-state index contributed by atoms with van der Waals surface area (Å²) < 4.78 is 2.87. The van der Waals surface area contributed by atoms with Crippen LogP contribution in [0.5, 0.6) is 0 Å². The molecule has 0 spiro atoms. The molecule has 7 nitrogen and oxygen atoms in total. The predicted octanol–water partition coefficient (Wildman–Crippen LogP) is 3.41. The second-order valence-electron chi connectivity index (χ2n) is 6.86. The van der Waals surface area contributed by atoms with Crippen LogP contribution < -0.4 is 5.32 Å². The molecule has 0 saturated carbocycles. The molecule has 1 fully saturated rings. The zero-order chi connectivity index (χ0) is 19.3. The minimum Gasteiger partial charge on any atom is -0.310 e. The number of aromatic nitrogens is 4. The van der Waals surface area contributed by atoms with Crippen LogP contribution in [-0.2, 0) is 11.5 Å². The molecule has 8 heteroatoms. The van der Waals surface area contributed by atoms with Crippen LogP contribution in [0.15, 0.2) is 59.6 Å². The van der Waals surface area contributed by atoms with Gasteiger partial charge in [-0.2, -0.15) is 5.10 Å². The largest absolute Gasteiger partial charge is 0.310 e. The van der Waals surface area contributed by atoms with Crippen molar-refractivity contribution >= 4 is 27.7 Å². The van der Waals surface area contributed by atoms with Gasteiger partial charge in [-0.3, -0.25) is 19.4 Å². The van der Waals surface area contributed by atoms with E-state index in [0.29, 0.717) is 19.0 Å². The van der Waals surface area contributed by atoms with Crippen LogP contribution in [0.4, 0.5) is 5.82 Å². The van der Waals surface area contributed by atoms with Gasteiger partial charge >= 0.3 is 0 Å². The normalized spacial score (nSPS) is 17.4. The molecule has 0 bridgehead atoms. The van der Waals surface area contributed by atoms with E-state index in [0.717, 1.165) is 35.1 Å². The molecule has 1 saturated heterocycles. The molecule has 3 aromatic heterocycles. The van der Waals surface area contributed by atoms with Crippen molar-refractivity contribution in [1.82, 2.24) is 24.6 Å². The molecule has 28 heavy (non-hydrogen) atoms. The number of hydrogen-bond acceptors (Lipinski definition) is 5. The number of carbonyl (C=O) groups is 1. The van der Waals surface area contributed by atoms with Crippen LogP contribution in [0.1, 0.15) is 12.8 Å². The van der Waals surface area contributed by atoms with E-state index in [2.05, 4.69) is 41.2 Å². The molecule has 0 aromatic carbocycles. The smallest absolute Gasteiger partial charge is 0.229 e. The summed E-state index contributed by atoms with van der Waals surface area (Å²) in [6.45, 7) is 2.32. The molecule has 1 aliphatic heterocycles. The molecule has 1 atom stereocenters. The standard InChI is InChI=1S/C20H21BrN6O/c21-17-3-4-19(23-12-17)25-20(28)16-2-1-11-26(13-16)14-27-18(7-10-24-27)15-5-8-22-9-6-15/h3-10,12,16H,1-2,11,13-14H2,(H,23,25,28). The number of halogens is 1. The average molecular weight is 441 g/mol. The zero-order valence-electron chi connectivity index (χ0n) is 15.3. The van der Waals surface area contributed by atoms with E-state index < -0.39 is 0 Å². The van der Waals surface area contributed by atoms with Crippen molar-refractivity contribution in [3.8, 4) is 11.3 Å². The third-order valence-electron chi connectivity index (χ3n) is 4.88. The van der Waals surface area contributed by atoms with Gasteiger partial charge in [0.2, 0.25) is 5.91 Å². The number of amides is 1. The number of nitrogens with zero attached hydrogens (tertiary/aromatic N) is 5. The molecule has 1 N–H and O–H groups in total. The maximum Gasteiger partial charge on any atom is 0.229 e. The molecule has 1 amide bonds. The van der Waals surface area contributed by atoms with Crippen molar-refractivity contribution < 1.29 is 4.79 Å². The number of rotatable bonds is 5. The summed E-state index contributed by atoms with van der Waals surface area (Å²) >= 11 is 3.35. The number of hydrogen-bond donors (Lipinski definition) is 1. The highest BCUT2D eigenvalue weighted by atomic mass is 79.9. The van der Waals surface area contributed by atoms with Crippen molar-refractivity contribution in [1.29, 1.82) is 0 Å². The number of anilines is 1. The number of piperidine rings is 1. The minimum absolute atomic E-state index is 0.0225. The number of carbonyl (C=O) groups excluding carboxylic acids is 1. The summed E-state index contributed by atoms with van der Waals surface area (Å²) in [5.74, 6) is 0.547. The van der Waals surface area contributed by atoms with E-state index in [1.54, 1.807) is 24.7 Å². The number of nitrogens with one attached hydrogen (secondary N) is 1. The van der Waals surface area contributed by atoms with Gasteiger partial charge in [0.25, 0.3) is 0 Å². The molecule has 4 rings (SSSR count). The quantitative estimate of drug-likeness (QED) is 0.657. The maximum atomic E-state index is 12.7. The summed E-state index contributed by atoms with van der Waals surface area (Å²) in [5.41, 5.74) is 2.13. The summed E-state index contributed by atoms with van der Waals surface area (Å²) in [6, 6.07) is 9.63. The van der Waals surface area contributed by atoms with Crippen LogP contribution in [0, 0.1) is 5.92 Å². The van der Waals surface area contributed by atoms with Crippen LogP contribution in [-0.4, -0.2) is 43.6 Å². The SMILES string of the molecule is O=C(Nc1ccc(Br)cn1)C1CCCN(Cn2nccc2-c2ccncc2)C1. The average Bonchev–Trinajstić information content (AvgIpc) is 3.18. The van der Waals surface area contributed by atoms with E-state index in [1.807, 2.05) is 35.1 Å². The highest BCUT2D eigenvalue weighted by Crippen LogP contribution is 2.22. The molecular weight excluding hydrogens is 420 g/mol. The summed E-state index contributed by atoms with van der Waals surface area (Å²) in [4.78, 5) is 23.3. The second kappa shape index (κ2) is 8.62. The predicted molar refractivity (Wildman–Crippen MR) is 110 cm³/mol. The minimum atomic E-state index is -0.0564. The van der Waals surface area contributed by atoms with Crippen LogP contribution in [0.2, 0.25) is 0 Å². The molecule has 1 unspecified atom stereocenters. The monoisotopic (exact) mass is 440 g/mol. The van der Waals surface area contributed by atoms with Crippen molar-refractivity contribution in [3.05, 3.63) is 59.6 Å². The van der Waals surface area contributed by atoms with Crippen molar-refractivity contribution in [2.45, 2.75) is 19.5 Å². The first kappa shape index (κ1) is 18.8. The summed E-state index contributed by atoms with van der Waals surface area (Å²) in [6.07, 6.45) is 8.92. The Bertz CT molecular complexity index is 927. The molecule has 0 aliphatic carbocycles. The lowest BCUT2D eigenvalue weighted by Gasteiger charge is -2.32. The third-order valence-corrected chi connectivity index (χ3v) is 5.35. The molecule has 0 radical (unpaired) electrons. The van der Waals surface area contributed by atoms with Crippen LogP contribution in [0.25, 0.3) is 11.3 Å². The Kier molecular flexibility index (Phi) is 5.78. The van der Waals surface area contributed by atoms with Gasteiger partial charge in [0, 0.05) is 41.4 Å². The van der Waals surface area contributed by atoms with Crippen LogP contribution in [0.3, 0.4) is 0 Å². The van der Waals surface area contributed by atoms with Gasteiger partial charge in [-0.05, 0) is 65.6 Å². The van der Waals surface area contributed by atoms with Gasteiger partial charge in [-0.15, -0.1) is 0 Å². The lowest BCUT2D eigenvalue weighted by molar-refractivity contribution is -0.121. The lowest BCUT2D eigenvalue weighted by Crippen LogP contribution is -2.41. The van der Waals surface area contributed by atoms with Gasteiger partial charge in [-0.25, -0.2) is 4.98 Å². The van der Waals surface area contributed by atoms with E-state index in [4.69, 9.17) is 0 Å². The fourth-order valence-electron chi connectivity index (χ4n) is 3.48. The van der Waals surface area contributed by atoms with E-state index in [1.165, 1.54) is 0 Å². The van der Waals surface area contributed by atoms with Gasteiger partial charge in [0.15, 0.2) is 0 Å². The second-order valence-corrected chi connectivity index (χ2v) is 7.78.